The van der Waals surface area contributed by atoms with Gasteiger partial charge in [-0.3, -0.25) is 4.79 Å². The van der Waals surface area contributed by atoms with Crippen LogP contribution >= 0.6 is 0 Å². The molecule has 4 nitrogen and oxygen atoms in total. The summed E-state index contributed by atoms with van der Waals surface area (Å²) in [6.07, 6.45) is 1.78. The molecule has 0 aliphatic carbocycles. The lowest BCUT2D eigenvalue weighted by atomic mass is 10.2. The van der Waals surface area contributed by atoms with Gasteiger partial charge in [0.15, 0.2) is 0 Å². The number of pyridine rings is 1. The zero-order valence-electron chi connectivity index (χ0n) is 6.42. The molecule has 0 fully saturated rings. The second-order valence-corrected chi connectivity index (χ2v) is 2.63. The maximum atomic E-state index is 11.2. The van der Waals surface area contributed by atoms with E-state index in [0.29, 0.717) is 5.56 Å². The predicted octanol–water partition coefficient (Wildman–Crippen LogP) is 0.315. The molecule has 4 N–H and O–H groups in total. The number of nitrogens with one attached hydrogen (secondary N) is 2. The quantitative estimate of drug-likeness (QED) is 0.566. The first kappa shape index (κ1) is 7.12. The van der Waals surface area contributed by atoms with Crippen molar-refractivity contribution < 1.29 is 0 Å². The van der Waals surface area contributed by atoms with Gasteiger partial charge in [-0.1, -0.05) is 0 Å². The van der Waals surface area contributed by atoms with E-state index in [9.17, 15) is 4.79 Å². The Balaban J connectivity index is 2.82. The Morgan fingerprint density at radius 3 is 3.00 bits per heavy atom. The van der Waals surface area contributed by atoms with E-state index in [1.807, 2.05) is 6.07 Å². The number of fused-ring (bicyclic) bond motifs is 1. The summed E-state index contributed by atoms with van der Waals surface area (Å²) in [6, 6.07) is 3.59. The van der Waals surface area contributed by atoms with Gasteiger partial charge in [-0.2, -0.15) is 0 Å². The number of H-pyrrole nitrogens is 2. The van der Waals surface area contributed by atoms with E-state index in [0.717, 1.165) is 11.0 Å². The molecule has 62 valence electrons. The van der Waals surface area contributed by atoms with E-state index < -0.39 is 0 Å². The third kappa shape index (κ3) is 0.931. The summed E-state index contributed by atoms with van der Waals surface area (Å²) in [6.45, 7) is 0.268. The third-order valence-corrected chi connectivity index (χ3v) is 1.86. The van der Waals surface area contributed by atoms with Gasteiger partial charge in [-0.05, 0) is 12.1 Å². The van der Waals surface area contributed by atoms with Gasteiger partial charge in [0.1, 0.15) is 0 Å². The number of nitrogens with two attached hydrogens (primary N) is 1. The Hall–Kier alpha value is -1.55. The smallest absolute Gasteiger partial charge is 0.253 e. The van der Waals surface area contributed by atoms with Crippen LogP contribution in [0.15, 0.2) is 23.1 Å². The standard InChI is InChI=1S/C8H9N3O/c9-4-5-3-7-6(1-2-10-7)11-8(5)12/h1-3,10H,4,9H2,(H,11,12). The second kappa shape index (κ2) is 2.49. The van der Waals surface area contributed by atoms with Crippen LogP contribution in [0.5, 0.6) is 0 Å². The average molecular weight is 163 g/mol. The molecule has 0 aromatic carbocycles. The Kier molecular flexibility index (Phi) is 1.48. The first-order chi connectivity index (χ1) is 5.81. The van der Waals surface area contributed by atoms with Crippen LogP contribution in [0.2, 0.25) is 0 Å². The minimum absolute atomic E-state index is 0.107. The zero-order valence-corrected chi connectivity index (χ0v) is 6.42. The SMILES string of the molecule is NCc1cc2[nH]ccc2[nH]c1=O. The molecular weight excluding hydrogens is 154 g/mol. The fourth-order valence-electron chi connectivity index (χ4n) is 1.20. The zero-order chi connectivity index (χ0) is 8.55. The highest BCUT2D eigenvalue weighted by Crippen LogP contribution is 2.06. The Morgan fingerprint density at radius 2 is 2.25 bits per heavy atom. The van der Waals surface area contributed by atoms with Crippen molar-refractivity contribution in [1.82, 2.24) is 9.97 Å². The van der Waals surface area contributed by atoms with Gasteiger partial charge in [-0.15, -0.1) is 0 Å². The second-order valence-electron chi connectivity index (χ2n) is 2.63. The van der Waals surface area contributed by atoms with Crippen LogP contribution in [0, 0.1) is 0 Å². The molecule has 0 radical (unpaired) electrons. The maximum Gasteiger partial charge on any atom is 0.253 e. The fraction of sp³-hybridized carbons (Fsp3) is 0.125. The van der Waals surface area contributed by atoms with E-state index in [2.05, 4.69) is 9.97 Å². The highest BCUT2D eigenvalue weighted by molar-refractivity contribution is 5.74. The molecule has 0 saturated heterocycles. The number of hydrogen-bond acceptors (Lipinski definition) is 2. The molecule has 0 aliphatic heterocycles. The summed E-state index contributed by atoms with van der Waals surface area (Å²) in [7, 11) is 0. The van der Waals surface area contributed by atoms with Crippen LogP contribution in [-0.4, -0.2) is 9.97 Å². The fourth-order valence-corrected chi connectivity index (χ4v) is 1.20. The van der Waals surface area contributed by atoms with Crippen molar-refractivity contribution in [3.63, 3.8) is 0 Å². The lowest BCUT2D eigenvalue weighted by Gasteiger charge is -1.94. The summed E-state index contributed by atoms with van der Waals surface area (Å²) in [5.41, 5.74) is 7.60. The maximum absolute atomic E-state index is 11.2. The van der Waals surface area contributed by atoms with Gasteiger partial charge in [0, 0.05) is 18.3 Å². The summed E-state index contributed by atoms with van der Waals surface area (Å²) >= 11 is 0. The van der Waals surface area contributed by atoms with E-state index >= 15 is 0 Å². The highest BCUT2D eigenvalue weighted by Gasteiger charge is 2.00. The van der Waals surface area contributed by atoms with Crippen molar-refractivity contribution in [2.45, 2.75) is 6.54 Å². The molecule has 0 atom stereocenters. The molecular formula is C8H9N3O. The summed E-state index contributed by atoms with van der Waals surface area (Å²) in [5.74, 6) is 0. The van der Waals surface area contributed by atoms with E-state index in [1.165, 1.54) is 0 Å². The molecule has 2 heterocycles. The van der Waals surface area contributed by atoms with E-state index in [4.69, 9.17) is 5.73 Å². The Bertz CT molecular complexity index is 455. The van der Waals surface area contributed by atoms with Gasteiger partial charge >= 0.3 is 0 Å². The molecule has 0 bridgehead atoms. The third-order valence-electron chi connectivity index (χ3n) is 1.86. The minimum atomic E-state index is -0.107. The Labute approximate surface area is 68.4 Å². The van der Waals surface area contributed by atoms with Crippen LogP contribution < -0.4 is 11.3 Å². The van der Waals surface area contributed by atoms with Gasteiger partial charge in [0.2, 0.25) is 0 Å². The van der Waals surface area contributed by atoms with Crippen LogP contribution in [0.1, 0.15) is 5.56 Å². The van der Waals surface area contributed by atoms with Crippen molar-refractivity contribution in [3.05, 3.63) is 34.2 Å². The normalized spacial score (nSPS) is 10.8. The average Bonchev–Trinajstić information content (AvgIpc) is 2.49. The molecule has 0 aliphatic rings. The summed E-state index contributed by atoms with van der Waals surface area (Å²) in [5, 5.41) is 0. The van der Waals surface area contributed by atoms with E-state index in [-0.39, 0.29) is 12.1 Å². The van der Waals surface area contributed by atoms with Gasteiger partial charge in [-0.25, -0.2) is 0 Å². The molecule has 0 spiro atoms. The number of rotatable bonds is 1. The van der Waals surface area contributed by atoms with Crippen molar-refractivity contribution >= 4 is 11.0 Å². The molecule has 0 unspecified atom stereocenters. The highest BCUT2D eigenvalue weighted by atomic mass is 16.1. The monoisotopic (exact) mass is 163 g/mol. The number of aromatic nitrogens is 2. The molecule has 2 rings (SSSR count). The summed E-state index contributed by atoms with van der Waals surface area (Å²) < 4.78 is 0. The largest absolute Gasteiger partial charge is 0.360 e. The summed E-state index contributed by atoms with van der Waals surface area (Å²) in [4.78, 5) is 16.9. The van der Waals surface area contributed by atoms with Crippen LogP contribution in [0.4, 0.5) is 0 Å². The molecule has 0 saturated carbocycles. The van der Waals surface area contributed by atoms with Crippen LogP contribution in [0.3, 0.4) is 0 Å². The first-order valence-electron chi connectivity index (χ1n) is 3.70. The molecule has 2 aromatic heterocycles. The first-order valence-corrected chi connectivity index (χ1v) is 3.70. The predicted molar refractivity (Wildman–Crippen MR) is 46.8 cm³/mol. The van der Waals surface area contributed by atoms with Gasteiger partial charge < -0.3 is 15.7 Å². The lowest BCUT2D eigenvalue weighted by Crippen LogP contribution is -2.15. The Morgan fingerprint density at radius 1 is 1.42 bits per heavy atom. The topological polar surface area (TPSA) is 74.7 Å². The molecule has 2 aromatic rings. The number of hydrogen-bond donors (Lipinski definition) is 3. The van der Waals surface area contributed by atoms with Crippen LogP contribution in [0.25, 0.3) is 11.0 Å². The van der Waals surface area contributed by atoms with Crippen molar-refractivity contribution in [2.24, 2.45) is 5.73 Å². The van der Waals surface area contributed by atoms with Gasteiger partial charge in [0.05, 0.1) is 11.0 Å². The van der Waals surface area contributed by atoms with Crippen molar-refractivity contribution in [2.75, 3.05) is 0 Å². The lowest BCUT2D eigenvalue weighted by molar-refractivity contribution is 1.03. The minimum Gasteiger partial charge on any atom is -0.360 e. The van der Waals surface area contributed by atoms with Crippen molar-refractivity contribution in [3.8, 4) is 0 Å². The molecule has 4 heteroatoms. The molecule has 12 heavy (non-hydrogen) atoms. The van der Waals surface area contributed by atoms with Crippen molar-refractivity contribution in [1.29, 1.82) is 0 Å². The molecule has 0 amide bonds. The van der Waals surface area contributed by atoms with E-state index in [1.54, 1.807) is 12.3 Å². The van der Waals surface area contributed by atoms with Crippen LogP contribution in [-0.2, 0) is 6.54 Å². The number of aromatic amines is 2. The van der Waals surface area contributed by atoms with Gasteiger partial charge in [0.25, 0.3) is 5.56 Å².